The maximum Gasteiger partial charge on any atom is 0.360 e. The molecule has 10 aromatic rings. The quantitative estimate of drug-likeness (QED) is 0.0839. The van der Waals surface area contributed by atoms with Crippen molar-refractivity contribution in [3.63, 3.8) is 0 Å². The van der Waals surface area contributed by atoms with Crippen molar-refractivity contribution in [3.05, 3.63) is 141 Å². The van der Waals surface area contributed by atoms with Crippen LogP contribution in [0.3, 0.4) is 0 Å². The van der Waals surface area contributed by atoms with E-state index in [0.717, 1.165) is 91.0 Å². The lowest BCUT2D eigenvalue weighted by molar-refractivity contribution is 0.111. The zero-order valence-electron chi connectivity index (χ0n) is 38.7. The summed E-state index contributed by atoms with van der Waals surface area (Å²) >= 11 is 0. The lowest BCUT2D eigenvalue weighted by atomic mass is 10.0. The normalized spacial score (nSPS) is 14.5. The Morgan fingerprint density at radius 1 is 0.676 bits per heavy atom. The summed E-state index contributed by atoms with van der Waals surface area (Å²) in [6, 6.07) is 23.5. The van der Waals surface area contributed by atoms with Crippen LogP contribution in [0.5, 0.6) is 11.8 Å². The molecule has 71 heavy (non-hydrogen) atoms. The molecule has 0 unspecified atom stereocenters. The number of aromatic nitrogens is 6. The van der Waals surface area contributed by atoms with Gasteiger partial charge in [-0.25, -0.2) is 28.3 Å². The maximum atomic E-state index is 13.8. The molecule has 2 aliphatic rings. The summed E-state index contributed by atoms with van der Waals surface area (Å²) in [6.45, 7) is 4.29. The third-order valence-corrected chi connectivity index (χ3v) is 12.9. The first kappa shape index (κ1) is 46.4. The molecule has 0 aliphatic carbocycles. The minimum absolute atomic E-state index is 0.241. The van der Waals surface area contributed by atoms with E-state index in [1.54, 1.807) is 14.2 Å². The third kappa shape index (κ3) is 9.69. The number of aldehydes is 1. The van der Waals surface area contributed by atoms with Gasteiger partial charge in [0, 0.05) is 91.2 Å². The lowest BCUT2D eigenvalue weighted by Crippen LogP contribution is -2.42. The number of methoxy groups -OCH3 is 2. The molecule has 0 amide bonds. The van der Waals surface area contributed by atoms with Crippen LogP contribution in [-0.2, 0) is 6.54 Å². The minimum atomic E-state index is -0.552. The van der Waals surface area contributed by atoms with Crippen molar-refractivity contribution in [2.75, 3.05) is 50.2 Å². The molecule has 0 radical (unpaired) electrons. The summed E-state index contributed by atoms with van der Waals surface area (Å²) in [5, 5.41) is 5.54. The summed E-state index contributed by atoms with van der Waals surface area (Å²) < 4.78 is 47.8. The number of nitrogens with zero attached hydrogens (tertiary/aromatic N) is 6. The fourth-order valence-electron chi connectivity index (χ4n) is 9.23. The highest BCUT2D eigenvalue weighted by Gasteiger charge is 2.23. The van der Waals surface area contributed by atoms with E-state index in [0.29, 0.717) is 69.4 Å². The average Bonchev–Trinajstić information content (AvgIpc) is 4.06. The number of nitrogens with two attached hydrogens (primary N) is 1. The monoisotopic (exact) mass is 962 g/mol. The molecule has 19 heteroatoms. The molecule has 17 nitrogen and oxygen atoms in total. The molecule has 0 spiro atoms. The highest BCUT2D eigenvalue weighted by molar-refractivity contribution is 6.05. The van der Waals surface area contributed by atoms with Crippen molar-refractivity contribution in [1.29, 1.82) is 0 Å². The summed E-state index contributed by atoms with van der Waals surface area (Å²) in [6.07, 6.45) is 8.21. The standard InChI is InChI=1S/C26H24FN5O3.C14H18N4O.C12H6FNO3/c1-34-23-5-3-20-25(31-23)21(6-9-28-20)32-10-7-16(8-11-32)29-14-17-13-19-18-12-15(27)2-4-22(18)35-26(33)24(19)30-17;1-19-13-3-2-11-14(17-13)12(4-7-16-11)18-8-5-10(15)6-9-18;13-6-1-2-10-8(3-6)11-9(12(16)17-10)4-7(5-15)14-11/h2-6,9,12-13,16,29-30H,7-8,10-11,14H2,1H3;2-4,7,10H,5-6,8-9,15H2,1H3;1-5,14H. The molecule has 0 saturated carbocycles. The fraction of sp³-hybridized carbons (Fsp3) is 0.250. The number of H-pyrrole nitrogens is 2. The van der Waals surface area contributed by atoms with Crippen molar-refractivity contribution in [2.45, 2.75) is 44.3 Å². The van der Waals surface area contributed by atoms with Crippen LogP contribution in [0.1, 0.15) is 41.9 Å². The van der Waals surface area contributed by atoms with Gasteiger partial charge in [0.1, 0.15) is 39.4 Å². The van der Waals surface area contributed by atoms with Gasteiger partial charge in [0.05, 0.1) is 53.2 Å². The summed E-state index contributed by atoms with van der Waals surface area (Å²) in [5.74, 6) is 0.396. The first-order valence-corrected chi connectivity index (χ1v) is 23.1. The van der Waals surface area contributed by atoms with Gasteiger partial charge in [-0.1, -0.05) is 0 Å². The summed E-state index contributed by atoms with van der Waals surface area (Å²) in [5.41, 5.74) is 13.2. The van der Waals surface area contributed by atoms with Gasteiger partial charge in [-0.2, -0.15) is 0 Å². The number of hydrogen-bond acceptors (Lipinski definition) is 15. The molecule has 10 heterocycles. The van der Waals surface area contributed by atoms with Gasteiger partial charge < -0.3 is 49.1 Å². The molecular formula is C52H48F2N10O7. The number of rotatable bonds is 8. The van der Waals surface area contributed by atoms with Crippen molar-refractivity contribution in [2.24, 2.45) is 5.73 Å². The van der Waals surface area contributed by atoms with Gasteiger partial charge in [0.2, 0.25) is 11.8 Å². The van der Waals surface area contributed by atoms with E-state index in [1.807, 2.05) is 54.9 Å². The Morgan fingerprint density at radius 3 is 1.83 bits per heavy atom. The number of anilines is 2. The average molecular weight is 963 g/mol. The number of halogens is 2. The number of nitrogens with one attached hydrogen (secondary N) is 3. The SMILES string of the molecule is COc1ccc2nccc(N3CCC(N)CC3)c2n1.COc1ccc2nccc(N3CCC(NCc4cc5c([nH]4)c(=O)oc4ccc(F)cc45)CC3)c2n1.O=Cc1cc2c(=O)oc3ccc(F)cc3c2[nH]1. The van der Waals surface area contributed by atoms with Crippen LogP contribution in [0, 0.1) is 11.6 Å². The Morgan fingerprint density at radius 2 is 1.24 bits per heavy atom. The summed E-state index contributed by atoms with van der Waals surface area (Å²) in [4.78, 5) is 63.1. The number of ether oxygens (including phenoxy) is 2. The Labute approximate surface area is 402 Å². The number of hydrogen-bond donors (Lipinski definition) is 4. The Hall–Kier alpha value is -8.29. The van der Waals surface area contributed by atoms with Gasteiger partial charge >= 0.3 is 11.3 Å². The molecular weight excluding hydrogens is 915 g/mol. The zero-order chi connectivity index (χ0) is 49.2. The van der Waals surface area contributed by atoms with Crippen molar-refractivity contribution in [1.82, 2.24) is 35.2 Å². The minimum Gasteiger partial charge on any atom is -0.481 e. The second-order valence-corrected chi connectivity index (χ2v) is 17.3. The molecule has 12 rings (SSSR count). The van der Waals surface area contributed by atoms with E-state index in [2.05, 4.69) is 45.0 Å². The van der Waals surface area contributed by atoms with Crippen molar-refractivity contribution in [3.8, 4) is 11.8 Å². The van der Waals surface area contributed by atoms with E-state index >= 15 is 0 Å². The second kappa shape index (κ2) is 20.0. The number of benzene rings is 2. The number of carbonyl (C=O) groups excluding carboxylic acids is 1. The number of carbonyl (C=O) groups is 1. The van der Waals surface area contributed by atoms with Crippen LogP contribution < -0.4 is 41.6 Å². The predicted molar refractivity (Wildman–Crippen MR) is 268 cm³/mol. The number of aromatic amines is 2. The largest absolute Gasteiger partial charge is 0.481 e. The smallest absolute Gasteiger partial charge is 0.360 e. The maximum absolute atomic E-state index is 13.8. The number of fused-ring (bicyclic) bond motifs is 8. The third-order valence-electron chi connectivity index (χ3n) is 12.9. The van der Waals surface area contributed by atoms with Crippen LogP contribution in [-0.4, -0.2) is 88.7 Å². The van der Waals surface area contributed by atoms with Crippen LogP contribution in [0.2, 0.25) is 0 Å². The molecule has 8 aromatic heterocycles. The first-order chi connectivity index (χ1) is 34.5. The molecule has 2 saturated heterocycles. The lowest BCUT2D eigenvalue weighted by Gasteiger charge is -2.34. The topological polar surface area (TPSA) is 224 Å². The first-order valence-electron chi connectivity index (χ1n) is 23.1. The second-order valence-electron chi connectivity index (χ2n) is 17.3. The molecule has 0 bridgehead atoms. The Bertz CT molecular complexity index is 3710. The predicted octanol–water partition coefficient (Wildman–Crippen LogP) is 7.92. The molecule has 5 N–H and O–H groups in total. The van der Waals surface area contributed by atoms with Crippen LogP contribution >= 0.6 is 0 Å². The highest BCUT2D eigenvalue weighted by Crippen LogP contribution is 2.31. The van der Waals surface area contributed by atoms with E-state index in [4.69, 9.17) is 24.0 Å². The molecule has 2 aromatic carbocycles. The van der Waals surface area contributed by atoms with Crippen LogP contribution in [0.4, 0.5) is 20.2 Å². The van der Waals surface area contributed by atoms with E-state index in [1.165, 1.54) is 42.5 Å². The molecule has 0 atom stereocenters. The van der Waals surface area contributed by atoms with E-state index in [9.17, 15) is 23.2 Å². The number of piperidine rings is 2. The van der Waals surface area contributed by atoms with E-state index < -0.39 is 17.1 Å². The van der Waals surface area contributed by atoms with Gasteiger partial charge in [-0.05, 0) is 98.5 Å². The molecule has 362 valence electrons. The van der Waals surface area contributed by atoms with Gasteiger partial charge in [-0.15, -0.1) is 0 Å². The van der Waals surface area contributed by atoms with Crippen molar-refractivity contribution >= 4 is 83.5 Å². The van der Waals surface area contributed by atoms with Crippen LogP contribution in [0.25, 0.3) is 65.8 Å². The number of pyridine rings is 4. The molecule has 2 fully saturated rings. The van der Waals surface area contributed by atoms with Gasteiger partial charge in [-0.3, -0.25) is 14.8 Å². The van der Waals surface area contributed by atoms with Gasteiger partial charge in [0.15, 0.2) is 6.29 Å². The summed E-state index contributed by atoms with van der Waals surface area (Å²) in [7, 11) is 3.24. The van der Waals surface area contributed by atoms with Gasteiger partial charge in [0.25, 0.3) is 0 Å². The zero-order valence-corrected chi connectivity index (χ0v) is 38.7. The van der Waals surface area contributed by atoms with Crippen molar-refractivity contribution < 1.29 is 31.9 Å². The molecule has 2 aliphatic heterocycles. The highest BCUT2D eigenvalue weighted by atomic mass is 19.1. The Kier molecular flexibility index (Phi) is 13.1. The fourth-order valence-corrected chi connectivity index (χ4v) is 9.23. The van der Waals surface area contributed by atoms with E-state index in [-0.39, 0.29) is 22.5 Å². The Balaban J connectivity index is 0.000000136. The van der Waals surface area contributed by atoms with Crippen LogP contribution in [0.15, 0.2) is 116 Å².